The Bertz CT molecular complexity index is 718. The monoisotopic (exact) mass is 328 g/mol. The van der Waals surface area contributed by atoms with Crippen LogP contribution in [0.2, 0.25) is 0 Å². The summed E-state index contributed by atoms with van der Waals surface area (Å²) in [5.41, 5.74) is 14.3. The molecule has 1 amide bonds. The summed E-state index contributed by atoms with van der Waals surface area (Å²) in [5, 5.41) is 2.83. The summed E-state index contributed by atoms with van der Waals surface area (Å²) in [7, 11) is 0. The predicted octanol–water partition coefficient (Wildman–Crippen LogP) is 2.06. The van der Waals surface area contributed by atoms with E-state index in [1.807, 2.05) is 30.0 Å². The van der Waals surface area contributed by atoms with Crippen LogP contribution < -0.4 is 21.7 Å². The number of amides is 1. The van der Waals surface area contributed by atoms with Crippen molar-refractivity contribution in [1.82, 2.24) is 0 Å². The van der Waals surface area contributed by atoms with Crippen LogP contribution in [0.4, 0.5) is 11.4 Å². The third-order valence-electron chi connectivity index (χ3n) is 4.63. The van der Waals surface area contributed by atoms with Crippen molar-refractivity contribution in [2.24, 2.45) is 21.5 Å². The quantitative estimate of drug-likeness (QED) is 0.772. The number of aryl methyl sites for hydroxylation is 1. The van der Waals surface area contributed by atoms with Gasteiger partial charge >= 0.3 is 0 Å². The zero-order valence-corrected chi connectivity index (χ0v) is 14.2. The third kappa shape index (κ3) is 2.93. The molecular weight excluding hydrogens is 304 g/mol. The van der Waals surface area contributed by atoms with Crippen molar-refractivity contribution in [3.63, 3.8) is 0 Å². The maximum Gasteiger partial charge on any atom is 0.221 e. The van der Waals surface area contributed by atoms with E-state index < -0.39 is 5.66 Å². The molecule has 1 heterocycles. The van der Waals surface area contributed by atoms with Gasteiger partial charge in [-0.2, -0.15) is 4.99 Å². The molecule has 1 aliphatic carbocycles. The Hall–Kier alpha value is -2.57. The van der Waals surface area contributed by atoms with Crippen LogP contribution in [0.25, 0.3) is 0 Å². The highest BCUT2D eigenvalue weighted by Crippen LogP contribution is 2.40. The molecule has 1 fully saturated rings. The fourth-order valence-electron chi connectivity index (χ4n) is 3.61. The second kappa shape index (κ2) is 6.14. The number of nitrogens with one attached hydrogen (secondary N) is 1. The van der Waals surface area contributed by atoms with Crippen molar-refractivity contribution in [2.45, 2.75) is 51.6 Å². The van der Waals surface area contributed by atoms with Gasteiger partial charge in [-0.25, -0.2) is 4.99 Å². The number of carbonyl (C=O) groups is 1. The van der Waals surface area contributed by atoms with Gasteiger partial charge in [0.2, 0.25) is 17.8 Å². The lowest BCUT2D eigenvalue weighted by atomic mass is 9.87. The molecule has 0 aromatic heterocycles. The van der Waals surface area contributed by atoms with Gasteiger partial charge in [0, 0.05) is 18.3 Å². The first kappa shape index (κ1) is 16.3. The number of benzene rings is 1. The summed E-state index contributed by atoms with van der Waals surface area (Å²) in [5.74, 6) is 0.527. The number of carbonyl (C=O) groups excluding carboxylic acids is 1. The average molecular weight is 328 g/mol. The number of guanidine groups is 2. The number of aliphatic imine (C=N–C) groups is 2. The topological polar surface area (TPSA) is 109 Å². The van der Waals surface area contributed by atoms with Gasteiger partial charge in [-0.15, -0.1) is 0 Å². The third-order valence-corrected chi connectivity index (χ3v) is 4.63. The Balaban J connectivity index is 2.01. The van der Waals surface area contributed by atoms with E-state index in [0.29, 0.717) is 5.96 Å². The summed E-state index contributed by atoms with van der Waals surface area (Å²) < 4.78 is 0. The molecule has 1 aromatic rings. The molecule has 0 saturated heterocycles. The highest BCUT2D eigenvalue weighted by Gasteiger charge is 2.42. The fourth-order valence-corrected chi connectivity index (χ4v) is 3.61. The molecule has 5 N–H and O–H groups in total. The summed E-state index contributed by atoms with van der Waals surface area (Å²) in [6, 6.07) is 5.83. The van der Waals surface area contributed by atoms with Crippen LogP contribution >= 0.6 is 0 Å². The van der Waals surface area contributed by atoms with E-state index in [1.165, 1.54) is 13.3 Å². The zero-order valence-electron chi connectivity index (χ0n) is 14.2. The van der Waals surface area contributed by atoms with Crippen molar-refractivity contribution in [3.8, 4) is 0 Å². The molecule has 1 aromatic carbocycles. The molecule has 7 nitrogen and oxygen atoms in total. The van der Waals surface area contributed by atoms with Crippen LogP contribution in [0.1, 0.15) is 44.6 Å². The number of hydrogen-bond acceptors (Lipinski definition) is 6. The highest BCUT2D eigenvalue weighted by atomic mass is 16.1. The van der Waals surface area contributed by atoms with E-state index in [-0.39, 0.29) is 11.9 Å². The van der Waals surface area contributed by atoms with Gasteiger partial charge in [-0.1, -0.05) is 6.42 Å². The lowest BCUT2D eigenvalue weighted by molar-refractivity contribution is -0.114. The Morgan fingerprint density at radius 2 is 1.96 bits per heavy atom. The Morgan fingerprint density at radius 1 is 1.25 bits per heavy atom. The van der Waals surface area contributed by atoms with Crippen molar-refractivity contribution in [3.05, 3.63) is 23.8 Å². The van der Waals surface area contributed by atoms with E-state index in [0.717, 1.165) is 42.6 Å². The van der Waals surface area contributed by atoms with Gasteiger partial charge in [0.05, 0.1) is 0 Å². The number of anilines is 2. The van der Waals surface area contributed by atoms with Gasteiger partial charge < -0.3 is 16.8 Å². The summed E-state index contributed by atoms with van der Waals surface area (Å²) in [4.78, 5) is 22.1. The van der Waals surface area contributed by atoms with Gasteiger partial charge in [0.15, 0.2) is 0 Å². The molecule has 0 bridgehead atoms. The molecule has 1 saturated carbocycles. The number of hydrogen-bond donors (Lipinski definition) is 3. The summed E-state index contributed by atoms with van der Waals surface area (Å²) >= 11 is 0. The van der Waals surface area contributed by atoms with E-state index in [4.69, 9.17) is 11.5 Å². The molecule has 1 spiro atoms. The molecule has 2 aliphatic rings. The Kier molecular flexibility index (Phi) is 4.17. The Labute approximate surface area is 141 Å². The number of nitrogens with zero attached hydrogens (tertiary/aromatic N) is 3. The van der Waals surface area contributed by atoms with Crippen LogP contribution in [0.5, 0.6) is 0 Å². The number of rotatable bonds is 2. The minimum atomic E-state index is -0.448. The van der Waals surface area contributed by atoms with E-state index in [9.17, 15) is 4.79 Å². The normalized spacial score (nSPS) is 19.7. The molecule has 1 aliphatic heterocycles. The largest absolute Gasteiger partial charge is 0.369 e. The van der Waals surface area contributed by atoms with Crippen LogP contribution in [-0.4, -0.2) is 23.5 Å². The molecule has 0 atom stereocenters. The second-order valence-corrected chi connectivity index (χ2v) is 6.50. The second-order valence-electron chi connectivity index (χ2n) is 6.50. The first-order valence-electron chi connectivity index (χ1n) is 8.29. The van der Waals surface area contributed by atoms with E-state index >= 15 is 0 Å². The zero-order chi connectivity index (χ0) is 17.3. The standard InChI is InChI=1S/C17H24N6O/c1-11-10-13(6-7-14(11)20-12(2)24)23-16(19)21-15(18)22-17(23)8-4-3-5-9-17/h6-7,10H,3-5,8-9H2,1-2H3,(H,20,24)(H4,18,19,21,22). The van der Waals surface area contributed by atoms with Crippen molar-refractivity contribution in [2.75, 3.05) is 10.2 Å². The molecule has 3 rings (SSSR count). The van der Waals surface area contributed by atoms with E-state index in [2.05, 4.69) is 15.3 Å². The fraction of sp³-hybridized carbons (Fsp3) is 0.471. The van der Waals surface area contributed by atoms with E-state index in [1.54, 1.807) is 0 Å². The lowest BCUT2D eigenvalue weighted by Gasteiger charge is -2.45. The van der Waals surface area contributed by atoms with Gasteiger partial charge in [0.25, 0.3) is 0 Å². The molecular formula is C17H24N6O. The van der Waals surface area contributed by atoms with Crippen LogP contribution in [0.15, 0.2) is 28.2 Å². The molecule has 7 heteroatoms. The van der Waals surface area contributed by atoms with Gasteiger partial charge in [0.1, 0.15) is 5.66 Å². The maximum absolute atomic E-state index is 11.3. The first-order valence-corrected chi connectivity index (χ1v) is 8.29. The smallest absolute Gasteiger partial charge is 0.221 e. The van der Waals surface area contributed by atoms with Crippen LogP contribution in [-0.2, 0) is 4.79 Å². The van der Waals surface area contributed by atoms with Gasteiger partial charge in [-0.05, 0) is 56.4 Å². The first-order chi connectivity index (χ1) is 11.4. The molecule has 0 radical (unpaired) electrons. The summed E-state index contributed by atoms with van der Waals surface area (Å²) in [6.07, 6.45) is 5.17. The van der Waals surface area contributed by atoms with Crippen molar-refractivity contribution >= 4 is 29.2 Å². The van der Waals surface area contributed by atoms with Gasteiger partial charge in [-0.3, -0.25) is 9.69 Å². The molecule has 0 unspecified atom stereocenters. The predicted molar refractivity (Wildman–Crippen MR) is 97.0 cm³/mol. The van der Waals surface area contributed by atoms with Crippen molar-refractivity contribution in [1.29, 1.82) is 0 Å². The lowest BCUT2D eigenvalue weighted by Crippen LogP contribution is -2.58. The highest BCUT2D eigenvalue weighted by molar-refractivity contribution is 6.05. The minimum absolute atomic E-state index is 0.0916. The Morgan fingerprint density at radius 3 is 2.58 bits per heavy atom. The molecule has 128 valence electrons. The SMILES string of the molecule is CC(=O)Nc1ccc(N2C(N)=NC(N)=NC23CCCCC3)cc1C. The number of nitrogens with two attached hydrogens (primary N) is 2. The minimum Gasteiger partial charge on any atom is -0.369 e. The van der Waals surface area contributed by atoms with Crippen LogP contribution in [0.3, 0.4) is 0 Å². The van der Waals surface area contributed by atoms with Crippen molar-refractivity contribution < 1.29 is 4.79 Å². The summed E-state index contributed by atoms with van der Waals surface area (Å²) in [6.45, 7) is 3.45. The molecule has 24 heavy (non-hydrogen) atoms. The maximum atomic E-state index is 11.3. The van der Waals surface area contributed by atoms with Crippen LogP contribution in [0, 0.1) is 6.92 Å². The average Bonchev–Trinajstić information content (AvgIpc) is 2.49.